The summed E-state index contributed by atoms with van der Waals surface area (Å²) in [6.45, 7) is 1.81. The van der Waals surface area contributed by atoms with Gasteiger partial charge in [-0.3, -0.25) is 9.52 Å². The average molecular weight is 319 g/mol. The van der Waals surface area contributed by atoms with Crippen LogP contribution >= 0.6 is 0 Å². The number of carbonyl (C=O) groups is 2. The van der Waals surface area contributed by atoms with Crippen molar-refractivity contribution in [3.8, 4) is 0 Å². The number of anilines is 1. The van der Waals surface area contributed by atoms with Crippen LogP contribution in [0.5, 0.6) is 0 Å². The van der Waals surface area contributed by atoms with Crippen molar-refractivity contribution < 1.29 is 23.1 Å². The Labute approximate surface area is 127 Å². The highest BCUT2D eigenvalue weighted by atomic mass is 32.2. The fourth-order valence-electron chi connectivity index (χ4n) is 1.79. The number of benzene rings is 2. The summed E-state index contributed by atoms with van der Waals surface area (Å²) in [6, 6.07) is 11.5. The first kappa shape index (κ1) is 15.7. The molecule has 2 aromatic carbocycles. The molecule has 0 aromatic heterocycles. The summed E-state index contributed by atoms with van der Waals surface area (Å²) in [7, 11) is -4.39. The van der Waals surface area contributed by atoms with Gasteiger partial charge in [0, 0.05) is 5.56 Å². The van der Waals surface area contributed by atoms with Gasteiger partial charge in [0.2, 0.25) is 0 Å². The maximum Gasteiger partial charge on any atom is 0.337 e. The third-order valence-corrected chi connectivity index (χ3v) is 4.15. The Morgan fingerprint density at radius 1 is 1.00 bits per heavy atom. The molecule has 0 unspecified atom stereocenters. The lowest BCUT2D eigenvalue weighted by molar-refractivity contribution is 0.0698. The van der Waals surface area contributed by atoms with Crippen LogP contribution in [0.2, 0.25) is 0 Å². The van der Waals surface area contributed by atoms with E-state index in [1.54, 1.807) is 12.1 Å². The topological polar surface area (TPSA) is 101 Å². The van der Waals surface area contributed by atoms with Gasteiger partial charge in [0.25, 0.3) is 5.12 Å². The van der Waals surface area contributed by atoms with Crippen molar-refractivity contribution in [3.05, 3.63) is 65.2 Å². The van der Waals surface area contributed by atoms with Crippen LogP contribution < -0.4 is 4.72 Å². The number of aromatic carboxylic acids is 1. The number of carboxylic acids is 1. The molecule has 0 aliphatic heterocycles. The Morgan fingerprint density at radius 2 is 1.59 bits per heavy atom. The van der Waals surface area contributed by atoms with Crippen LogP contribution in [0.25, 0.3) is 0 Å². The first-order chi connectivity index (χ1) is 10.3. The normalized spacial score (nSPS) is 11.0. The average Bonchev–Trinajstić information content (AvgIpc) is 2.47. The second kappa shape index (κ2) is 5.98. The lowest BCUT2D eigenvalue weighted by Gasteiger charge is -2.09. The molecule has 0 aliphatic carbocycles. The third kappa shape index (κ3) is 3.32. The molecule has 0 spiro atoms. The van der Waals surface area contributed by atoms with Crippen LogP contribution in [0.3, 0.4) is 0 Å². The van der Waals surface area contributed by atoms with E-state index in [9.17, 15) is 18.0 Å². The molecule has 0 heterocycles. The molecule has 2 aromatic rings. The van der Waals surface area contributed by atoms with Gasteiger partial charge in [-0.2, -0.15) is 8.42 Å². The first-order valence-corrected chi connectivity index (χ1v) is 7.76. The number of carboxylic acid groups (broad SMARTS) is 1. The molecule has 0 saturated carbocycles. The number of para-hydroxylation sites is 1. The smallest absolute Gasteiger partial charge is 0.337 e. The highest BCUT2D eigenvalue weighted by Crippen LogP contribution is 2.18. The fourth-order valence-corrected chi connectivity index (χ4v) is 2.80. The quantitative estimate of drug-likeness (QED) is 0.900. The molecular weight excluding hydrogens is 306 g/mol. The van der Waals surface area contributed by atoms with Crippen LogP contribution in [0.4, 0.5) is 5.69 Å². The molecule has 22 heavy (non-hydrogen) atoms. The summed E-state index contributed by atoms with van der Waals surface area (Å²) in [4.78, 5) is 23.1. The molecule has 0 aliphatic rings. The number of rotatable bonds is 4. The van der Waals surface area contributed by atoms with Gasteiger partial charge in [-0.15, -0.1) is 0 Å². The molecular formula is C15H13NO5S. The molecule has 0 amide bonds. The standard InChI is InChI=1S/C15H13NO5S/c1-10-6-8-11(9-7-10)15(19)22(20,21)16-13-5-3-2-4-12(13)14(17)18/h2-9,16H,1H3,(H,17,18). The van der Waals surface area contributed by atoms with E-state index in [1.807, 2.05) is 11.6 Å². The van der Waals surface area contributed by atoms with E-state index in [1.165, 1.54) is 36.4 Å². The first-order valence-electron chi connectivity index (χ1n) is 6.27. The van der Waals surface area contributed by atoms with Crippen molar-refractivity contribution in [3.63, 3.8) is 0 Å². The second-order valence-corrected chi connectivity index (χ2v) is 6.19. The van der Waals surface area contributed by atoms with Gasteiger partial charge in [-0.25, -0.2) is 4.79 Å². The predicted octanol–water partition coefficient (Wildman–Crippen LogP) is 2.28. The van der Waals surface area contributed by atoms with E-state index in [0.717, 1.165) is 5.56 Å². The molecule has 0 radical (unpaired) electrons. The highest BCUT2D eigenvalue weighted by molar-refractivity contribution is 8.07. The molecule has 0 fully saturated rings. The van der Waals surface area contributed by atoms with Gasteiger partial charge < -0.3 is 5.11 Å². The third-order valence-electron chi connectivity index (χ3n) is 2.93. The van der Waals surface area contributed by atoms with Crippen molar-refractivity contribution in [1.82, 2.24) is 0 Å². The van der Waals surface area contributed by atoms with Gasteiger partial charge in [0.1, 0.15) is 0 Å². The maximum atomic E-state index is 12.1. The van der Waals surface area contributed by atoms with Gasteiger partial charge in [-0.05, 0) is 31.2 Å². The largest absolute Gasteiger partial charge is 0.478 e. The van der Waals surface area contributed by atoms with Crippen molar-refractivity contribution in [1.29, 1.82) is 0 Å². The van der Waals surface area contributed by atoms with Crippen LogP contribution in [-0.2, 0) is 10.0 Å². The van der Waals surface area contributed by atoms with E-state index in [2.05, 4.69) is 0 Å². The Hall–Kier alpha value is -2.67. The molecule has 7 heteroatoms. The molecule has 114 valence electrons. The zero-order valence-corrected chi connectivity index (χ0v) is 12.4. The zero-order chi connectivity index (χ0) is 16.3. The van der Waals surface area contributed by atoms with Gasteiger partial charge >= 0.3 is 16.0 Å². The van der Waals surface area contributed by atoms with E-state index < -0.39 is 21.1 Å². The van der Waals surface area contributed by atoms with E-state index in [-0.39, 0.29) is 16.8 Å². The van der Waals surface area contributed by atoms with E-state index in [0.29, 0.717) is 0 Å². The molecule has 2 rings (SSSR count). The Balaban J connectivity index is 2.34. The molecule has 0 atom stereocenters. The Kier molecular flexibility index (Phi) is 4.27. The number of sulfonamides is 1. The summed E-state index contributed by atoms with van der Waals surface area (Å²) in [5, 5.41) is 7.91. The summed E-state index contributed by atoms with van der Waals surface area (Å²) in [5.74, 6) is -1.29. The van der Waals surface area contributed by atoms with E-state index >= 15 is 0 Å². The van der Waals surface area contributed by atoms with Gasteiger partial charge in [-0.1, -0.05) is 29.8 Å². The lowest BCUT2D eigenvalue weighted by Crippen LogP contribution is -2.24. The number of hydrogen-bond acceptors (Lipinski definition) is 4. The maximum absolute atomic E-state index is 12.1. The number of carbonyl (C=O) groups excluding carboxylic acids is 1. The molecule has 2 N–H and O–H groups in total. The highest BCUT2D eigenvalue weighted by Gasteiger charge is 2.25. The van der Waals surface area contributed by atoms with Crippen molar-refractivity contribution in [2.75, 3.05) is 4.72 Å². The second-order valence-electron chi connectivity index (χ2n) is 4.61. The summed E-state index contributed by atoms with van der Waals surface area (Å²) < 4.78 is 26.2. The molecule has 0 saturated heterocycles. The number of nitrogens with one attached hydrogen (secondary N) is 1. The summed E-state index contributed by atoms with van der Waals surface area (Å²) in [5.41, 5.74) is 0.502. The zero-order valence-electron chi connectivity index (χ0n) is 11.6. The predicted molar refractivity (Wildman–Crippen MR) is 81.5 cm³/mol. The minimum atomic E-state index is -4.39. The monoisotopic (exact) mass is 319 g/mol. The Bertz CT molecular complexity index is 825. The SMILES string of the molecule is Cc1ccc(C(=O)S(=O)(=O)Nc2ccccc2C(=O)O)cc1. The minimum absolute atomic E-state index is 0.00547. The van der Waals surface area contributed by atoms with Crippen LogP contribution in [0.1, 0.15) is 26.3 Å². The molecule has 0 bridgehead atoms. The Morgan fingerprint density at radius 3 is 2.18 bits per heavy atom. The van der Waals surface area contributed by atoms with Crippen LogP contribution in [0, 0.1) is 6.92 Å². The van der Waals surface area contributed by atoms with Gasteiger partial charge in [0.15, 0.2) is 0 Å². The number of aryl methyl sites for hydroxylation is 1. The van der Waals surface area contributed by atoms with Crippen LogP contribution in [-0.4, -0.2) is 24.6 Å². The van der Waals surface area contributed by atoms with Crippen molar-refractivity contribution >= 4 is 26.8 Å². The van der Waals surface area contributed by atoms with Crippen LogP contribution in [0.15, 0.2) is 48.5 Å². The van der Waals surface area contributed by atoms with Crippen molar-refractivity contribution in [2.45, 2.75) is 6.92 Å². The fraction of sp³-hybridized carbons (Fsp3) is 0.0667. The van der Waals surface area contributed by atoms with Gasteiger partial charge in [0.05, 0.1) is 11.3 Å². The summed E-state index contributed by atoms with van der Waals surface area (Å²) >= 11 is 0. The minimum Gasteiger partial charge on any atom is -0.478 e. The molecule has 6 nitrogen and oxygen atoms in total. The van der Waals surface area contributed by atoms with Crippen molar-refractivity contribution in [2.24, 2.45) is 0 Å². The lowest BCUT2D eigenvalue weighted by atomic mass is 10.2. The summed E-state index contributed by atoms with van der Waals surface area (Å²) in [6.07, 6.45) is 0. The van der Waals surface area contributed by atoms with E-state index in [4.69, 9.17) is 5.11 Å². The number of hydrogen-bond donors (Lipinski definition) is 2.